The first kappa shape index (κ1) is 17.2. The van der Waals surface area contributed by atoms with Crippen LogP contribution in [-0.4, -0.2) is 73.0 Å². The number of methoxy groups -OCH3 is 1. The fraction of sp³-hybridized carbons (Fsp3) is 0.526. The third-order valence-electron chi connectivity index (χ3n) is 5.02. The van der Waals surface area contributed by atoms with E-state index in [1.807, 2.05) is 17.4 Å². The second-order valence-electron chi connectivity index (χ2n) is 6.72. The molecule has 2 atom stereocenters. The number of hydrogen-bond donors (Lipinski definition) is 0. The van der Waals surface area contributed by atoms with Crippen molar-refractivity contribution in [3.63, 3.8) is 0 Å². The van der Waals surface area contributed by atoms with Crippen LogP contribution in [0.4, 0.5) is 0 Å². The van der Waals surface area contributed by atoms with E-state index in [-0.39, 0.29) is 12.1 Å². The molecule has 1 aromatic heterocycles. The van der Waals surface area contributed by atoms with Crippen molar-refractivity contribution >= 4 is 12.1 Å². The van der Waals surface area contributed by atoms with E-state index in [0.717, 1.165) is 55.5 Å². The Labute approximate surface area is 154 Å². The number of rotatable bonds is 5. The van der Waals surface area contributed by atoms with Crippen molar-refractivity contribution < 1.29 is 9.47 Å². The van der Waals surface area contributed by atoms with Gasteiger partial charge in [-0.25, -0.2) is 5.01 Å². The van der Waals surface area contributed by atoms with Crippen LogP contribution in [0.1, 0.15) is 24.2 Å². The fourth-order valence-electron chi connectivity index (χ4n) is 3.66. The van der Waals surface area contributed by atoms with Crippen LogP contribution in [0.2, 0.25) is 0 Å². The standard InChI is InChI=1S/C19H25N5O2/c1-14-18(15-3-4-16(20-13-15)6-10-25-2)24-19(22-14)17(5-7-21-24)23-8-11-26-12-9-23/h3-5,7,13-14,18H,6,8-12H2,1-2H3. The Balaban J connectivity index is 1.54. The van der Waals surface area contributed by atoms with Gasteiger partial charge in [0.1, 0.15) is 6.04 Å². The topological polar surface area (TPSA) is 62.6 Å². The van der Waals surface area contributed by atoms with Gasteiger partial charge in [-0.15, -0.1) is 0 Å². The maximum atomic E-state index is 5.48. The minimum atomic E-state index is 0.0787. The predicted octanol–water partition coefficient (Wildman–Crippen LogP) is 1.63. The SMILES string of the molecule is COCCc1ccc(C2C(C)N=C3C(N4CCOCC4)=CC=NN32)cn1. The average molecular weight is 355 g/mol. The van der Waals surface area contributed by atoms with Gasteiger partial charge in [-0.1, -0.05) is 6.07 Å². The summed E-state index contributed by atoms with van der Waals surface area (Å²) in [6.45, 7) is 6.12. The van der Waals surface area contributed by atoms with E-state index >= 15 is 0 Å². The molecule has 0 saturated carbocycles. The highest BCUT2D eigenvalue weighted by molar-refractivity contribution is 6.04. The first-order valence-corrected chi connectivity index (χ1v) is 9.16. The van der Waals surface area contributed by atoms with Crippen molar-refractivity contribution in [1.29, 1.82) is 0 Å². The molecule has 0 aliphatic carbocycles. The van der Waals surface area contributed by atoms with Crippen molar-refractivity contribution in [2.24, 2.45) is 10.1 Å². The summed E-state index contributed by atoms with van der Waals surface area (Å²) in [4.78, 5) is 11.9. The smallest absolute Gasteiger partial charge is 0.169 e. The number of pyridine rings is 1. The minimum Gasteiger partial charge on any atom is -0.384 e. The zero-order valence-electron chi connectivity index (χ0n) is 15.3. The van der Waals surface area contributed by atoms with Crippen molar-refractivity contribution in [2.75, 3.05) is 40.0 Å². The van der Waals surface area contributed by atoms with Gasteiger partial charge in [0.2, 0.25) is 0 Å². The molecule has 3 aliphatic rings. The van der Waals surface area contributed by atoms with Gasteiger partial charge in [-0.3, -0.25) is 9.98 Å². The molecule has 1 fully saturated rings. The number of hydrazone groups is 1. The number of aromatic nitrogens is 1. The summed E-state index contributed by atoms with van der Waals surface area (Å²) in [6, 6.07) is 4.41. The predicted molar refractivity (Wildman–Crippen MR) is 100 cm³/mol. The Morgan fingerprint density at radius 1 is 1.27 bits per heavy atom. The largest absolute Gasteiger partial charge is 0.384 e. The maximum absolute atomic E-state index is 5.48. The number of hydrogen-bond acceptors (Lipinski definition) is 7. The third kappa shape index (κ3) is 3.24. The lowest BCUT2D eigenvalue weighted by atomic mass is 10.0. The van der Waals surface area contributed by atoms with E-state index in [9.17, 15) is 0 Å². The molecule has 138 valence electrons. The second kappa shape index (κ2) is 7.55. The van der Waals surface area contributed by atoms with E-state index in [4.69, 9.17) is 14.5 Å². The van der Waals surface area contributed by atoms with Crippen LogP contribution in [0.5, 0.6) is 0 Å². The summed E-state index contributed by atoms with van der Waals surface area (Å²) in [5.41, 5.74) is 3.32. The molecule has 0 bridgehead atoms. The minimum absolute atomic E-state index is 0.0787. The zero-order valence-corrected chi connectivity index (χ0v) is 15.3. The van der Waals surface area contributed by atoms with E-state index < -0.39 is 0 Å². The molecule has 1 saturated heterocycles. The molecule has 4 heterocycles. The monoisotopic (exact) mass is 355 g/mol. The third-order valence-corrected chi connectivity index (χ3v) is 5.02. The molecular weight excluding hydrogens is 330 g/mol. The summed E-state index contributed by atoms with van der Waals surface area (Å²) < 4.78 is 10.6. The lowest BCUT2D eigenvalue weighted by Crippen LogP contribution is -2.42. The molecular formula is C19H25N5O2. The van der Waals surface area contributed by atoms with Gasteiger partial charge in [0.05, 0.1) is 31.6 Å². The molecule has 0 N–H and O–H groups in total. The van der Waals surface area contributed by atoms with Gasteiger partial charge < -0.3 is 14.4 Å². The molecule has 0 spiro atoms. The number of nitrogens with zero attached hydrogens (tertiary/aromatic N) is 5. The molecule has 26 heavy (non-hydrogen) atoms. The summed E-state index contributed by atoms with van der Waals surface area (Å²) >= 11 is 0. The molecule has 0 aromatic carbocycles. The van der Waals surface area contributed by atoms with Crippen LogP contribution in [-0.2, 0) is 15.9 Å². The molecule has 4 rings (SSSR count). The molecule has 0 radical (unpaired) electrons. The lowest BCUT2D eigenvalue weighted by Gasteiger charge is -2.35. The van der Waals surface area contributed by atoms with Crippen molar-refractivity contribution in [2.45, 2.75) is 25.4 Å². The molecule has 1 aromatic rings. The van der Waals surface area contributed by atoms with Gasteiger partial charge >= 0.3 is 0 Å². The van der Waals surface area contributed by atoms with Gasteiger partial charge in [-0.05, 0) is 24.6 Å². The van der Waals surface area contributed by atoms with Crippen LogP contribution >= 0.6 is 0 Å². The number of fused-ring (bicyclic) bond motifs is 1. The highest BCUT2D eigenvalue weighted by Gasteiger charge is 2.39. The number of morpholine rings is 1. The van der Waals surface area contributed by atoms with Gasteiger partial charge in [0, 0.05) is 44.7 Å². The first-order chi connectivity index (χ1) is 12.8. The van der Waals surface area contributed by atoms with Crippen LogP contribution in [0.15, 0.2) is 40.2 Å². The zero-order chi connectivity index (χ0) is 17.9. The molecule has 2 unspecified atom stereocenters. The summed E-state index contributed by atoms with van der Waals surface area (Å²) in [6.07, 6.45) is 6.70. The van der Waals surface area contributed by atoms with Gasteiger partial charge in [-0.2, -0.15) is 5.10 Å². The van der Waals surface area contributed by atoms with E-state index in [1.165, 1.54) is 0 Å². The summed E-state index contributed by atoms with van der Waals surface area (Å²) in [5.74, 6) is 0.954. The number of amidine groups is 1. The maximum Gasteiger partial charge on any atom is 0.169 e. The van der Waals surface area contributed by atoms with Crippen LogP contribution in [0.3, 0.4) is 0 Å². The van der Waals surface area contributed by atoms with E-state index in [0.29, 0.717) is 6.61 Å². The van der Waals surface area contributed by atoms with E-state index in [1.54, 1.807) is 7.11 Å². The van der Waals surface area contributed by atoms with Gasteiger partial charge in [0.15, 0.2) is 5.84 Å². The summed E-state index contributed by atoms with van der Waals surface area (Å²) in [7, 11) is 1.71. The average Bonchev–Trinajstić information content (AvgIpc) is 3.03. The second-order valence-corrected chi connectivity index (χ2v) is 6.72. The van der Waals surface area contributed by atoms with Crippen LogP contribution < -0.4 is 0 Å². The number of aliphatic imine (C=N–C) groups is 1. The van der Waals surface area contributed by atoms with Crippen LogP contribution in [0, 0.1) is 0 Å². The van der Waals surface area contributed by atoms with E-state index in [2.05, 4.69) is 40.1 Å². The van der Waals surface area contributed by atoms with Gasteiger partial charge in [0.25, 0.3) is 0 Å². The number of ether oxygens (including phenoxy) is 2. The normalized spacial score (nSPS) is 25.2. The molecule has 7 nitrogen and oxygen atoms in total. The molecule has 0 amide bonds. The van der Waals surface area contributed by atoms with Crippen molar-refractivity contribution in [1.82, 2.24) is 14.9 Å². The lowest BCUT2D eigenvalue weighted by molar-refractivity contribution is 0.0557. The Bertz CT molecular complexity index is 722. The highest BCUT2D eigenvalue weighted by Crippen LogP contribution is 2.35. The Kier molecular flexibility index (Phi) is 4.99. The summed E-state index contributed by atoms with van der Waals surface area (Å²) in [5, 5.41) is 6.66. The van der Waals surface area contributed by atoms with Crippen molar-refractivity contribution in [3.05, 3.63) is 41.4 Å². The molecule has 7 heteroatoms. The fourth-order valence-corrected chi connectivity index (χ4v) is 3.66. The Hall–Kier alpha value is -2.25. The highest BCUT2D eigenvalue weighted by atomic mass is 16.5. The first-order valence-electron chi connectivity index (χ1n) is 9.16. The number of allylic oxidation sites excluding steroid dienone is 1. The van der Waals surface area contributed by atoms with Crippen LogP contribution in [0.25, 0.3) is 0 Å². The van der Waals surface area contributed by atoms with Crippen molar-refractivity contribution in [3.8, 4) is 0 Å². The quantitative estimate of drug-likeness (QED) is 0.803. The molecule has 3 aliphatic heterocycles. The Morgan fingerprint density at radius 3 is 2.85 bits per heavy atom. The Morgan fingerprint density at radius 2 is 2.12 bits per heavy atom.